The molecule has 2 fully saturated rings. The van der Waals surface area contributed by atoms with E-state index in [0.29, 0.717) is 19.7 Å². The predicted octanol–water partition coefficient (Wildman–Crippen LogP) is 2.40. The summed E-state index contributed by atoms with van der Waals surface area (Å²) in [7, 11) is 0. The number of carbonyl (C=O) groups excluding carboxylic acids is 3. The van der Waals surface area contributed by atoms with Gasteiger partial charge in [0.1, 0.15) is 0 Å². The molecule has 0 radical (unpaired) electrons. The quantitative estimate of drug-likeness (QED) is 0.766. The lowest BCUT2D eigenvalue weighted by atomic mass is 9.80. The molecule has 1 saturated carbocycles. The van der Waals surface area contributed by atoms with E-state index in [4.69, 9.17) is 4.74 Å². The predicted molar refractivity (Wildman–Crippen MR) is 103 cm³/mol. The first kappa shape index (κ1) is 21.5. The Labute approximate surface area is 162 Å². The number of amides is 3. The molecule has 0 spiro atoms. The maximum Gasteiger partial charge on any atom is 0.409 e. The number of ether oxygens (including phenoxy) is 1. The van der Waals surface area contributed by atoms with Crippen LogP contribution in [0.3, 0.4) is 0 Å². The number of likely N-dealkylation sites (tertiary alicyclic amines) is 1. The van der Waals surface area contributed by atoms with Crippen LogP contribution in [0.4, 0.5) is 4.79 Å². The molecule has 1 N–H and O–H groups in total. The van der Waals surface area contributed by atoms with E-state index in [9.17, 15) is 14.4 Å². The minimum atomic E-state index is -0.265. The van der Waals surface area contributed by atoms with Gasteiger partial charge < -0.3 is 19.9 Å². The molecule has 0 atom stereocenters. The minimum absolute atomic E-state index is 0.00818. The number of hydrogen-bond donors (Lipinski definition) is 1. The standard InChI is InChI=1S/C20H35N3O4/c1-4-22(5-2)19(25)16-9-7-15(8-10-16)18(24)21-17-11-13-23(14-12-17)20(26)27-6-3/h15-17H,4-14H2,1-3H3,(H,21,24). The van der Waals surface area contributed by atoms with E-state index in [1.165, 1.54) is 0 Å². The largest absolute Gasteiger partial charge is 0.450 e. The fraction of sp³-hybridized carbons (Fsp3) is 0.850. The molecule has 0 aromatic rings. The van der Waals surface area contributed by atoms with Crippen LogP contribution >= 0.6 is 0 Å². The average Bonchev–Trinajstić information content (AvgIpc) is 2.69. The van der Waals surface area contributed by atoms with Crippen molar-refractivity contribution in [1.29, 1.82) is 0 Å². The van der Waals surface area contributed by atoms with Gasteiger partial charge in [-0.05, 0) is 59.3 Å². The van der Waals surface area contributed by atoms with Crippen molar-refractivity contribution in [2.75, 3.05) is 32.8 Å². The molecule has 154 valence electrons. The van der Waals surface area contributed by atoms with Crippen LogP contribution in [0.1, 0.15) is 59.3 Å². The summed E-state index contributed by atoms with van der Waals surface area (Å²) in [5.74, 6) is 0.430. The van der Waals surface area contributed by atoms with E-state index in [1.54, 1.807) is 11.8 Å². The molecule has 27 heavy (non-hydrogen) atoms. The number of hydrogen-bond acceptors (Lipinski definition) is 4. The van der Waals surface area contributed by atoms with Gasteiger partial charge in [0.05, 0.1) is 6.61 Å². The van der Waals surface area contributed by atoms with Crippen molar-refractivity contribution >= 4 is 17.9 Å². The first-order valence-corrected chi connectivity index (χ1v) is 10.5. The second kappa shape index (κ2) is 10.5. The van der Waals surface area contributed by atoms with Gasteiger partial charge in [-0.1, -0.05) is 0 Å². The van der Waals surface area contributed by atoms with Crippen molar-refractivity contribution in [2.24, 2.45) is 11.8 Å². The van der Waals surface area contributed by atoms with Crippen molar-refractivity contribution in [3.8, 4) is 0 Å². The van der Waals surface area contributed by atoms with Crippen LogP contribution in [-0.4, -0.2) is 66.5 Å². The highest BCUT2D eigenvalue weighted by Crippen LogP contribution is 2.30. The number of carbonyl (C=O) groups is 3. The highest BCUT2D eigenvalue weighted by atomic mass is 16.6. The molecule has 1 heterocycles. The third kappa shape index (κ3) is 5.84. The Balaban J connectivity index is 1.72. The smallest absolute Gasteiger partial charge is 0.409 e. The number of rotatable bonds is 6. The van der Waals surface area contributed by atoms with Gasteiger partial charge in [-0.15, -0.1) is 0 Å². The van der Waals surface area contributed by atoms with Gasteiger partial charge in [0, 0.05) is 44.1 Å². The van der Waals surface area contributed by atoms with Crippen LogP contribution < -0.4 is 5.32 Å². The summed E-state index contributed by atoms with van der Waals surface area (Å²) in [4.78, 5) is 40.4. The molecule has 7 nitrogen and oxygen atoms in total. The summed E-state index contributed by atoms with van der Waals surface area (Å²) in [5.41, 5.74) is 0. The Hall–Kier alpha value is -1.79. The number of piperidine rings is 1. The zero-order valence-corrected chi connectivity index (χ0v) is 17.0. The summed E-state index contributed by atoms with van der Waals surface area (Å²) in [6.07, 6.45) is 4.43. The van der Waals surface area contributed by atoms with Crippen molar-refractivity contribution < 1.29 is 19.1 Å². The van der Waals surface area contributed by atoms with Crippen LogP contribution in [0.5, 0.6) is 0 Å². The molecule has 0 aromatic heterocycles. The second-order valence-electron chi connectivity index (χ2n) is 7.53. The fourth-order valence-corrected chi connectivity index (χ4v) is 4.14. The SMILES string of the molecule is CCOC(=O)N1CCC(NC(=O)C2CCC(C(=O)N(CC)CC)CC2)CC1. The van der Waals surface area contributed by atoms with E-state index in [1.807, 2.05) is 18.7 Å². The third-order valence-electron chi connectivity index (χ3n) is 5.89. The second-order valence-corrected chi connectivity index (χ2v) is 7.53. The Morgan fingerprint density at radius 3 is 2.00 bits per heavy atom. The highest BCUT2D eigenvalue weighted by molar-refractivity contribution is 5.81. The van der Waals surface area contributed by atoms with Crippen LogP contribution in [0, 0.1) is 11.8 Å². The molecular weight excluding hydrogens is 346 g/mol. The van der Waals surface area contributed by atoms with Gasteiger partial charge in [-0.25, -0.2) is 4.79 Å². The fourth-order valence-electron chi connectivity index (χ4n) is 4.14. The topological polar surface area (TPSA) is 79.0 Å². The van der Waals surface area contributed by atoms with Crippen molar-refractivity contribution in [3.05, 3.63) is 0 Å². The summed E-state index contributed by atoms with van der Waals surface area (Å²) >= 11 is 0. The van der Waals surface area contributed by atoms with Crippen molar-refractivity contribution in [1.82, 2.24) is 15.1 Å². The Morgan fingerprint density at radius 2 is 1.48 bits per heavy atom. The lowest BCUT2D eigenvalue weighted by molar-refractivity contribution is -0.138. The summed E-state index contributed by atoms with van der Waals surface area (Å²) in [6.45, 7) is 8.94. The normalized spacial score (nSPS) is 23.6. The van der Waals surface area contributed by atoms with Gasteiger partial charge in [0.15, 0.2) is 0 Å². The monoisotopic (exact) mass is 381 g/mol. The Morgan fingerprint density at radius 1 is 0.926 bits per heavy atom. The molecule has 2 rings (SSSR count). The van der Waals surface area contributed by atoms with Gasteiger partial charge in [-0.2, -0.15) is 0 Å². The molecule has 0 aromatic carbocycles. The van der Waals surface area contributed by atoms with Gasteiger partial charge >= 0.3 is 6.09 Å². The molecule has 1 saturated heterocycles. The van der Waals surface area contributed by atoms with E-state index in [2.05, 4.69) is 5.32 Å². The summed E-state index contributed by atoms with van der Waals surface area (Å²) < 4.78 is 5.02. The van der Waals surface area contributed by atoms with E-state index in [-0.39, 0.29) is 35.8 Å². The molecular formula is C20H35N3O4. The van der Waals surface area contributed by atoms with Crippen LogP contribution in [0.25, 0.3) is 0 Å². The maximum absolute atomic E-state index is 12.6. The number of nitrogens with one attached hydrogen (secondary N) is 1. The lowest BCUT2D eigenvalue weighted by Crippen LogP contribution is -2.48. The summed E-state index contributed by atoms with van der Waals surface area (Å²) in [6, 6.07) is 0.123. The van der Waals surface area contributed by atoms with Crippen molar-refractivity contribution in [2.45, 2.75) is 65.3 Å². The van der Waals surface area contributed by atoms with Crippen LogP contribution in [0.2, 0.25) is 0 Å². The summed E-state index contributed by atoms with van der Waals surface area (Å²) in [5, 5.41) is 3.16. The molecule has 0 unspecified atom stereocenters. The van der Waals surface area contributed by atoms with E-state index < -0.39 is 0 Å². The highest BCUT2D eigenvalue weighted by Gasteiger charge is 2.33. The zero-order valence-electron chi connectivity index (χ0n) is 17.0. The maximum atomic E-state index is 12.6. The average molecular weight is 382 g/mol. The first-order chi connectivity index (χ1) is 13.0. The van der Waals surface area contributed by atoms with Crippen LogP contribution in [-0.2, 0) is 14.3 Å². The number of nitrogens with zero attached hydrogens (tertiary/aromatic N) is 2. The first-order valence-electron chi connectivity index (χ1n) is 10.5. The Kier molecular flexibility index (Phi) is 8.38. The van der Waals surface area contributed by atoms with Crippen LogP contribution in [0.15, 0.2) is 0 Å². The molecule has 3 amide bonds. The molecule has 1 aliphatic heterocycles. The Bertz CT molecular complexity index is 505. The molecule has 0 bridgehead atoms. The van der Waals surface area contributed by atoms with E-state index >= 15 is 0 Å². The van der Waals surface area contributed by atoms with Crippen molar-refractivity contribution in [3.63, 3.8) is 0 Å². The third-order valence-corrected chi connectivity index (χ3v) is 5.89. The van der Waals surface area contributed by atoms with E-state index in [0.717, 1.165) is 51.6 Å². The minimum Gasteiger partial charge on any atom is -0.450 e. The van der Waals surface area contributed by atoms with Gasteiger partial charge in [-0.3, -0.25) is 9.59 Å². The van der Waals surface area contributed by atoms with Gasteiger partial charge in [0.2, 0.25) is 11.8 Å². The molecule has 2 aliphatic rings. The van der Waals surface area contributed by atoms with Gasteiger partial charge in [0.25, 0.3) is 0 Å². The lowest BCUT2D eigenvalue weighted by Gasteiger charge is -2.34. The molecule has 1 aliphatic carbocycles. The zero-order chi connectivity index (χ0) is 19.8. The molecule has 7 heteroatoms.